The van der Waals surface area contributed by atoms with Crippen molar-refractivity contribution in [3.8, 4) is 0 Å². The molecule has 16 heavy (non-hydrogen) atoms. The van der Waals surface area contributed by atoms with Crippen LogP contribution in [0.25, 0.3) is 11.6 Å². The van der Waals surface area contributed by atoms with Crippen LogP contribution in [-0.2, 0) is 0 Å². The zero-order valence-electron chi connectivity index (χ0n) is 9.13. The van der Waals surface area contributed by atoms with Gasteiger partial charge in [-0.05, 0) is 46.5 Å². The summed E-state index contributed by atoms with van der Waals surface area (Å²) in [4.78, 5) is 0. The molecule has 1 heterocycles. The van der Waals surface area contributed by atoms with Gasteiger partial charge >= 0.3 is 0 Å². The van der Waals surface area contributed by atoms with Gasteiger partial charge in [0, 0.05) is 0 Å². The second kappa shape index (κ2) is 5.10. The molecule has 0 bridgehead atoms. The molecular weight excluding hydrogens is 216 g/mol. The maximum atomic E-state index is 9.80. The fourth-order valence-corrected chi connectivity index (χ4v) is 2.23. The Morgan fingerprint density at radius 2 is 2.00 bits per heavy atom. The summed E-state index contributed by atoms with van der Waals surface area (Å²) in [5.74, 6) is 0. The van der Waals surface area contributed by atoms with Crippen LogP contribution in [0.5, 0.6) is 0 Å². The zero-order valence-corrected chi connectivity index (χ0v) is 9.95. The molecule has 0 saturated heterocycles. The molecule has 1 unspecified atom stereocenters. The van der Waals surface area contributed by atoms with Gasteiger partial charge in [-0.3, -0.25) is 0 Å². The maximum Gasteiger partial charge on any atom is 0.0767 e. The number of rotatable bonds is 3. The molecule has 1 N–H and O–H groups in total. The number of hydrogen-bond acceptors (Lipinski definition) is 2. The van der Waals surface area contributed by atoms with E-state index in [1.54, 1.807) is 18.3 Å². The first-order valence-corrected chi connectivity index (χ1v) is 6.19. The lowest BCUT2D eigenvalue weighted by Gasteiger charge is -2.10. The van der Waals surface area contributed by atoms with E-state index in [4.69, 9.17) is 0 Å². The summed E-state index contributed by atoms with van der Waals surface area (Å²) in [6.07, 6.45) is 1.58. The molecule has 0 fully saturated rings. The minimum absolute atomic E-state index is 0.456. The van der Waals surface area contributed by atoms with Crippen LogP contribution in [-0.4, -0.2) is 11.2 Å². The van der Waals surface area contributed by atoms with E-state index in [1.807, 2.05) is 41.8 Å². The Kier molecular flexibility index (Phi) is 3.54. The SMILES string of the molecule is CC(O)/C(=C/c1ccsc1)c1ccccc1. The molecule has 2 heteroatoms. The van der Waals surface area contributed by atoms with Crippen molar-refractivity contribution in [3.05, 3.63) is 58.3 Å². The normalized spacial score (nSPS) is 13.8. The summed E-state index contributed by atoms with van der Waals surface area (Å²) < 4.78 is 0. The smallest absolute Gasteiger partial charge is 0.0767 e. The van der Waals surface area contributed by atoms with Gasteiger partial charge in [-0.2, -0.15) is 11.3 Å². The van der Waals surface area contributed by atoms with Crippen molar-refractivity contribution in [1.29, 1.82) is 0 Å². The third-order valence-electron chi connectivity index (χ3n) is 2.42. The second-order valence-corrected chi connectivity index (χ2v) is 4.48. The van der Waals surface area contributed by atoms with Crippen LogP contribution >= 0.6 is 11.3 Å². The Morgan fingerprint density at radius 3 is 2.56 bits per heavy atom. The van der Waals surface area contributed by atoms with Gasteiger partial charge in [0.2, 0.25) is 0 Å². The first-order chi connectivity index (χ1) is 7.77. The molecule has 0 saturated carbocycles. The monoisotopic (exact) mass is 230 g/mol. The van der Waals surface area contributed by atoms with Gasteiger partial charge in [-0.1, -0.05) is 30.3 Å². The van der Waals surface area contributed by atoms with Crippen LogP contribution in [0.1, 0.15) is 18.1 Å². The number of hydrogen-bond donors (Lipinski definition) is 1. The molecule has 0 radical (unpaired) electrons. The molecule has 0 aliphatic heterocycles. The summed E-state index contributed by atoms with van der Waals surface area (Å²) in [7, 11) is 0. The molecule has 2 aromatic rings. The number of benzene rings is 1. The Balaban J connectivity index is 2.39. The van der Waals surface area contributed by atoms with Crippen molar-refractivity contribution in [2.24, 2.45) is 0 Å². The quantitative estimate of drug-likeness (QED) is 0.853. The predicted molar refractivity (Wildman–Crippen MR) is 70.3 cm³/mol. The number of thiophene rings is 1. The van der Waals surface area contributed by atoms with Crippen LogP contribution in [0.3, 0.4) is 0 Å². The highest BCUT2D eigenvalue weighted by molar-refractivity contribution is 7.08. The minimum atomic E-state index is -0.456. The van der Waals surface area contributed by atoms with Crippen LogP contribution in [0, 0.1) is 0 Å². The Bertz CT molecular complexity index is 455. The van der Waals surface area contributed by atoms with Crippen LogP contribution in [0.4, 0.5) is 0 Å². The summed E-state index contributed by atoms with van der Waals surface area (Å²) in [5, 5.41) is 13.9. The van der Waals surface area contributed by atoms with Crippen molar-refractivity contribution in [1.82, 2.24) is 0 Å². The van der Waals surface area contributed by atoms with Gasteiger partial charge in [0.05, 0.1) is 6.10 Å². The third kappa shape index (κ3) is 2.60. The third-order valence-corrected chi connectivity index (χ3v) is 3.12. The van der Waals surface area contributed by atoms with Crippen LogP contribution < -0.4 is 0 Å². The van der Waals surface area contributed by atoms with E-state index >= 15 is 0 Å². The molecule has 1 aromatic heterocycles. The summed E-state index contributed by atoms with van der Waals surface area (Å²) in [6.45, 7) is 1.80. The molecule has 1 atom stereocenters. The van der Waals surface area contributed by atoms with E-state index in [1.165, 1.54) is 0 Å². The second-order valence-electron chi connectivity index (χ2n) is 3.70. The molecule has 1 aromatic carbocycles. The van der Waals surface area contributed by atoms with E-state index in [2.05, 4.69) is 11.4 Å². The molecular formula is C14H14OS. The average Bonchev–Trinajstić information content (AvgIpc) is 2.79. The fraction of sp³-hybridized carbons (Fsp3) is 0.143. The molecule has 0 amide bonds. The molecule has 1 nitrogen and oxygen atoms in total. The molecule has 82 valence electrons. The Hall–Kier alpha value is -1.38. The van der Waals surface area contributed by atoms with Crippen LogP contribution in [0.15, 0.2) is 47.2 Å². The Morgan fingerprint density at radius 1 is 1.25 bits per heavy atom. The van der Waals surface area contributed by atoms with Gasteiger partial charge in [-0.15, -0.1) is 0 Å². The van der Waals surface area contributed by atoms with E-state index in [0.29, 0.717) is 0 Å². The number of aliphatic hydroxyl groups is 1. The predicted octanol–water partition coefficient (Wildman–Crippen LogP) is 3.67. The van der Waals surface area contributed by atoms with Crippen molar-refractivity contribution in [2.75, 3.05) is 0 Å². The van der Waals surface area contributed by atoms with Crippen molar-refractivity contribution in [2.45, 2.75) is 13.0 Å². The van der Waals surface area contributed by atoms with Gasteiger partial charge in [0.1, 0.15) is 0 Å². The first-order valence-electron chi connectivity index (χ1n) is 5.24. The highest BCUT2D eigenvalue weighted by Gasteiger charge is 2.07. The van der Waals surface area contributed by atoms with E-state index in [-0.39, 0.29) is 0 Å². The summed E-state index contributed by atoms with van der Waals surface area (Å²) >= 11 is 1.66. The highest BCUT2D eigenvalue weighted by Crippen LogP contribution is 2.22. The fourth-order valence-electron chi connectivity index (χ4n) is 1.61. The average molecular weight is 230 g/mol. The zero-order chi connectivity index (χ0) is 11.4. The highest BCUT2D eigenvalue weighted by atomic mass is 32.1. The first kappa shape index (κ1) is 11.1. The summed E-state index contributed by atoms with van der Waals surface area (Å²) in [5.41, 5.74) is 3.17. The number of aliphatic hydroxyl groups excluding tert-OH is 1. The molecule has 0 spiro atoms. The van der Waals surface area contributed by atoms with Crippen molar-refractivity contribution < 1.29 is 5.11 Å². The van der Waals surface area contributed by atoms with Gasteiger partial charge in [-0.25, -0.2) is 0 Å². The lowest BCUT2D eigenvalue weighted by atomic mass is 10.00. The van der Waals surface area contributed by atoms with Crippen molar-refractivity contribution >= 4 is 23.0 Å². The minimum Gasteiger partial charge on any atom is -0.389 e. The lowest BCUT2D eigenvalue weighted by molar-refractivity contribution is 0.254. The molecule has 2 rings (SSSR count). The lowest BCUT2D eigenvalue weighted by Crippen LogP contribution is -2.03. The molecule has 0 aliphatic rings. The summed E-state index contributed by atoms with van der Waals surface area (Å²) in [6, 6.07) is 12.0. The Labute approximate surface area is 99.7 Å². The maximum absolute atomic E-state index is 9.80. The van der Waals surface area contributed by atoms with E-state index < -0.39 is 6.10 Å². The van der Waals surface area contributed by atoms with Crippen LogP contribution in [0.2, 0.25) is 0 Å². The largest absolute Gasteiger partial charge is 0.389 e. The van der Waals surface area contributed by atoms with E-state index in [9.17, 15) is 5.11 Å². The topological polar surface area (TPSA) is 20.2 Å². The molecule has 0 aliphatic carbocycles. The van der Waals surface area contributed by atoms with Crippen molar-refractivity contribution in [3.63, 3.8) is 0 Å². The van der Waals surface area contributed by atoms with Gasteiger partial charge in [0.15, 0.2) is 0 Å². The van der Waals surface area contributed by atoms with E-state index in [0.717, 1.165) is 16.7 Å². The van der Waals surface area contributed by atoms with Gasteiger partial charge in [0.25, 0.3) is 0 Å². The standard InChI is InChI=1S/C14H14OS/c1-11(15)14(9-12-7-8-16-10-12)13-5-3-2-4-6-13/h2-11,15H,1H3/b14-9-. The van der Waals surface area contributed by atoms with Gasteiger partial charge < -0.3 is 5.11 Å².